The van der Waals surface area contributed by atoms with Crippen LogP contribution in [0.5, 0.6) is 11.5 Å². The number of likely N-dealkylation sites (tertiary alicyclic amines) is 1. The van der Waals surface area contributed by atoms with Gasteiger partial charge in [-0.25, -0.2) is 0 Å². The lowest BCUT2D eigenvalue weighted by Crippen LogP contribution is -2.51. The van der Waals surface area contributed by atoms with Crippen molar-refractivity contribution in [3.05, 3.63) is 23.8 Å². The Bertz CT molecular complexity index is 558. The molecule has 126 valence electrons. The first-order valence-electron chi connectivity index (χ1n) is 8.70. The van der Waals surface area contributed by atoms with E-state index in [0.717, 1.165) is 43.9 Å². The molecule has 1 aromatic rings. The number of carbonyl (C=O) groups is 1. The normalized spacial score (nSPS) is 25.0. The second-order valence-corrected chi connectivity index (χ2v) is 6.65. The number of carbonyl (C=O) groups excluding carboxylic acids is 1. The van der Waals surface area contributed by atoms with Gasteiger partial charge in [0.25, 0.3) is 0 Å². The number of fused-ring (bicyclic) bond motifs is 1. The SMILES string of the molecule is COc1ccc(CCN2CCC(=O)[C@H]3CCCC[C@@H]32)cc1OC. The summed E-state index contributed by atoms with van der Waals surface area (Å²) in [6.07, 6.45) is 6.47. The van der Waals surface area contributed by atoms with Gasteiger partial charge in [0.2, 0.25) is 0 Å². The summed E-state index contributed by atoms with van der Waals surface area (Å²) in [7, 11) is 3.33. The Morgan fingerprint density at radius 2 is 1.91 bits per heavy atom. The lowest BCUT2D eigenvalue weighted by Gasteiger charge is -2.43. The molecule has 0 bridgehead atoms. The second-order valence-electron chi connectivity index (χ2n) is 6.65. The molecule has 0 N–H and O–H groups in total. The molecule has 1 aliphatic heterocycles. The van der Waals surface area contributed by atoms with E-state index in [4.69, 9.17) is 9.47 Å². The van der Waals surface area contributed by atoms with E-state index in [1.807, 2.05) is 6.07 Å². The molecule has 0 amide bonds. The molecule has 1 saturated carbocycles. The van der Waals surface area contributed by atoms with Gasteiger partial charge in [-0.15, -0.1) is 0 Å². The smallest absolute Gasteiger partial charge is 0.160 e. The van der Waals surface area contributed by atoms with Crippen molar-refractivity contribution in [2.45, 2.75) is 44.6 Å². The first kappa shape index (κ1) is 16.3. The molecule has 0 spiro atoms. The zero-order valence-corrected chi connectivity index (χ0v) is 14.2. The molecule has 4 nitrogen and oxygen atoms in total. The largest absolute Gasteiger partial charge is 0.493 e. The molecule has 2 fully saturated rings. The number of nitrogens with zero attached hydrogens (tertiary/aromatic N) is 1. The molecule has 0 aromatic heterocycles. The van der Waals surface area contributed by atoms with Gasteiger partial charge >= 0.3 is 0 Å². The predicted octanol–water partition coefficient (Wildman–Crippen LogP) is 3.08. The maximum absolute atomic E-state index is 12.1. The Morgan fingerprint density at radius 1 is 1.13 bits per heavy atom. The molecule has 1 aromatic carbocycles. The number of benzene rings is 1. The highest BCUT2D eigenvalue weighted by atomic mass is 16.5. The lowest BCUT2D eigenvalue weighted by atomic mass is 9.77. The number of ether oxygens (including phenoxy) is 2. The third kappa shape index (κ3) is 3.52. The molecule has 4 heteroatoms. The van der Waals surface area contributed by atoms with Crippen LogP contribution < -0.4 is 9.47 Å². The first-order chi connectivity index (χ1) is 11.2. The molecule has 23 heavy (non-hydrogen) atoms. The summed E-state index contributed by atoms with van der Waals surface area (Å²) < 4.78 is 10.7. The molecule has 1 heterocycles. The maximum atomic E-state index is 12.1. The van der Waals surface area contributed by atoms with Gasteiger partial charge < -0.3 is 9.47 Å². The zero-order valence-electron chi connectivity index (χ0n) is 14.2. The van der Waals surface area contributed by atoms with E-state index in [2.05, 4.69) is 17.0 Å². The zero-order chi connectivity index (χ0) is 16.2. The van der Waals surface area contributed by atoms with Crippen molar-refractivity contribution in [2.75, 3.05) is 27.3 Å². The van der Waals surface area contributed by atoms with Crippen LogP contribution in [0.25, 0.3) is 0 Å². The third-order valence-corrected chi connectivity index (χ3v) is 5.39. The first-order valence-corrected chi connectivity index (χ1v) is 8.70. The molecular weight excluding hydrogens is 290 g/mol. The minimum atomic E-state index is 0.294. The third-order valence-electron chi connectivity index (χ3n) is 5.39. The number of piperidine rings is 1. The van der Waals surface area contributed by atoms with Gasteiger partial charge in [-0.1, -0.05) is 18.9 Å². The molecular formula is C19H27NO3. The predicted molar refractivity (Wildman–Crippen MR) is 90.2 cm³/mol. The molecule has 1 saturated heterocycles. The quantitative estimate of drug-likeness (QED) is 0.836. The van der Waals surface area contributed by atoms with Crippen molar-refractivity contribution < 1.29 is 14.3 Å². The number of hydrogen-bond acceptors (Lipinski definition) is 4. The van der Waals surface area contributed by atoms with E-state index in [-0.39, 0.29) is 0 Å². The summed E-state index contributed by atoms with van der Waals surface area (Å²) in [5.41, 5.74) is 1.26. The fraction of sp³-hybridized carbons (Fsp3) is 0.632. The van der Waals surface area contributed by atoms with Crippen LogP contribution in [-0.2, 0) is 11.2 Å². The highest BCUT2D eigenvalue weighted by molar-refractivity contribution is 5.82. The molecule has 1 aliphatic carbocycles. The highest BCUT2D eigenvalue weighted by Crippen LogP contribution is 2.34. The fourth-order valence-electron chi connectivity index (χ4n) is 4.12. The van der Waals surface area contributed by atoms with Crippen molar-refractivity contribution in [1.29, 1.82) is 0 Å². The van der Waals surface area contributed by atoms with Crippen LogP contribution in [0.3, 0.4) is 0 Å². The maximum Gasteiger partial charge on any atom is 0.160 e. The standard InChI is InChI=1S/C19H27NO3/c1-22-18-8-7-14(13-19(18)23-2)9-11-20-12-10-17(21)15-5-3-4-6-16(15)20/h7-8,13,15-16H,3-6,9-12H2,1-2H3/t15-,16-/m0/s1. The highest BCUT2D eigenvalue weighted by Gasteiger charge is 2.37. The van der Waals surface area contributed by atoms with Gasteiger partial charge in [0.05, 0.1) is 14.2 Å². The summed E-state index contributed by atoms with van der Waals surface area (Å²) in [6, 6.07) is 6.61. The monoisotopic (exact) mass is 317 g/mol. The van der Waals surface area contributed by atoms with Crippen LogP contribution in [0.4, 0.5) is 0 Å². The Kier molecular flexibility index (Phi) is 5.21. The summed E-state index contributed by atoms with van der Waals surface area (Å²) in [4.78, 5) is 14.7. The summed E-state index contributed by atoms with van der Waals surface area (Å²) in [5.74, 6) is 2.35. The number of ketones is 1. The summed E-state index contributed by atoms with van der Waals surface area (Å²) in [5, 5.41) is 0. The van der Waals surface area contributed by atoms with Crippen LogP contribution in [0, 0.1) is 5.92 Å². The van der Waals surface area contributed by atoms with Crippen molar-refractivity contribution in [3.63, 3.8) is 0 Å². The van der Waals surface area contributed by atoms with Gasteiger partial charge in [0.15, 0.2) is 11.5 Å². The number of methoxy groups -OCH3 is 2. The van der Waals surface area contributed by atoms with Crippen LogP contribution in [0.2, 0.25) is 0 Å². The van der Waals surface area contributed by atoms with Gasteiger partial charge in [0.1, 0.15) is 5.78 Å². The number of rotatable bonds is 5. The van der Waals surface area contributed by atoms with E-state index in [1.165, 1.54) is 24.8 Å². The van der Waals surface area contributed by atoms with E-state index in [0.29, 0.717) is 17.7 Å². The van der Waals surface area contributed by atoms with E-state index in [9.17, 15) is 4.79 Å². The Balaban J connectivity index is 1.64. The summed E-state index contributed by atoms with van der Waals surface area (Å²) in [6.45, 7) is 1.94. The average Bonchev–Trinajstić information content (AvgIpc) is 2.61. The molecule has 2 atom stereocenters. The van der Waals surface area contributed by atoms with Crippen LogP contribution in [0.15, 0.2) is 18.2 Å². The Morgan fingerprint density at radius 3 is 2.70 bits per heavy atom. The van der Waals surface area contributed by atoms with Gasteiger partial charge in [0, 0.05) is 31.5 Å². The van der Waals surface area contributed by atoms with Crippen molar-refractivity contribution in [2.24, 2.45) is 5.92 Å². The van der Waals surface area contributed by atoms with Crippen molar-refractivity contribution >= 4 is 5.78 Å². The van der Waals surface area contributed by atoms with E-state index < -0.39 is 0 Å². The molecule has 2 aliphatic rings. The van der Waals surface area contributed by atoms with E-state index in [1.54, 1.807) is 14.2 Å². The van der Waals surface area contributed by atoms with Crippen molar-refractivity contribution in [1.82, 2.24) is 4.90 Å². The van der Waals surface area contributed by atoms with E-state index >= 15 is 0 Å². The van der Waals surface area contributed by atoms with Gasteiger partial charge in [-0.3, -0.25) is 9.69 Å². The number of hydrogen-bond donors (Lipinski definition) is 0. The van der Waals surface area contributed by atoms with Crippen LogP contribution in [-0.4, -0.2) is 44.0 Å². The second kappa shape index (κ2) is 7.35. The fourth-order valence-corrected chi connectivity index (χ4v) is 4.12. The Labute approximate surface area is 138 Å². The van der Waals surface area contributed by atoms with Gasteiger partial charge in [-0.05, 0) is 37.0 Å². The average molecular weight is 317 g/mol. The van der Waals surface area contributed by atoms with Crippen molar-refractivity contribution in [3.8, 4) is 11.5 Å². The molecule has 0 unspecified atom stereocenters. The molecule has 3 rings (SSSR count). The number of Topliss-reactive ketones (excluding diaryl/α,β-unsaturated/α-hetero) is 1. The summed E-state index contributed by atoms with van der Waals surface area (Å²) >= 11 is 0. The Hall–Kier alpha value is -1.55. The van der Waals surface area contributed by atoms with Crippen LogP contribution >= 0.6 is 0 Å². The van der Waals surface area contributed by atoms with Gasteiger partial charge in [-0.2, -0.15) is 0 Å². The topological polar surface area (TPSA) is 38.8 Å². The minimum Gasteiger partial charge on any atom is -0.493 e. The minimum absolute atomic E-state index is 0.294. The lowest BCUT2D eigenvalue weighted by molar-refractivity contribution is -0.130. The molecule has 0 radical (unpaired) electrons. The van der Waals surface area contributed by atoms with Crippen LogP contribution in [0.1, 0.15) is 37.7 Å².